The number of aliphatic carboxylic acids is 1. The van der Waals surface area contributed by atoms with Crippen LogP contribution in [-0.4, -0.2) is 16.1 Å². The highest BCUT2D eigenvalue weighted by molar-refractivity contribution is 5.62. The molecule has 3 rings (SSSR count). The van der Waals surface area contributed by atoms with Gasteiger partial charge in [-0.15, -0.1) is 0 Å². The average Bonchev–Trinajstić information content (AvgIpc) is 2.35. The number of fused-ring (bicyclic) bond motifs is 2. The fraction of sp³-hybridized carbons (Fsp3) is 0.143. The van der Waals surface area contributed by atoms with E-state index in [1.807, 2.05) is 30.3 Å². The van der Waals surface area contributed by atoms with Gasteiger partial charge in [-0.25, -0.2) is 0 Å². The summed E-state index contributed by atoms with van der Waals surface area (Å²) in [6.45, 7) is 1.08. The predicted molar refractivity (Wildman–Crippen MR) is 66.9 cm³/mol. The molecule has 0 unspecified atom stereocenters. The molecule has 0 spiro atoms. The van der Waals surface area contributed by atoms with Gasteiger partial charge in [-0.3, -0.25) is 9.78 Å². The Labute approximate surface area is 105 Å². The Balaban J connectivity index is 0.000000267. The van der Waals surface area contributed by atoms with Crippen LogP contribution in [0.1, 0.15) is 18.2 Å². The minimum absolute atomic E-state index is 0.833. The fourth-order valence-corrected chi connectivity index (χ4v) is 1.70. The number of benzene rings is 1. The fourth-order valence-electron chi connectivity index (χ4n) is 1.70. The Morgan fingerprint density at radius 3 is 2.67 bits per heavy atom. The highest BCUT2D eigenvalue weighted by atomic mass is 16.5. The highest BCUT2D eigenvalue weighted by Crippen LogP contribution is 2.34. The van der Waals surface area contributed by atoms with Gasteiger partial charge in [-0.05, 0) is 18.2 Å². The number of carbonyl (C=O) groups is 1. The number of carboxylic acids is 1. The van der Waals surface area contributed by atoms with Gasteiger partial charge in [0, 0.05) is 25.1 Å². The Hall–Kier alpha value is -2.36. The summed E-state index contributed by atoms with van der Waals surface area (Å²) in [6, 6.07) is 11.9. The quantitative estimate of drug-likeness (QED) is 0.659. The second-order valence-corrected chi connectivity index (χ2v) is 3.85. The molecule has 1 aromatic heterocycles. The summed E-state index contributed by atoms with van der Waals surface area (Å²) >= 11 is 0. The van der Waals surface area contributed by atoms with E-state index in [4.69, 9.17) is 14.6 Å². The number of aromatic nitrogens is 1. The van der Waals surface area contributed by atoms with Crippen molar-refractivity contribution in [1.82, 2.24) is 4.98 Å². The molecular formula is C14H13NO3. The molecule has 2 heterocycles. The molecule has 1 aliphatic rings. The van der Waals surface area contributed by atoms with Gasteiger partial charge >= 0.3 is 0 Å². The minimum atomic E-state index is -0.833. The predicted octanol–water partition coefficient (Wildman–Crippen LogP) is 2.87. The third-order valence-electron chi connectivity index (χ3n) is 2.40. The molecule has 0 atom stereocenters. The molecule has 0 saturated carbocycles. The molecule has 0 saturated heterocycles. The van der Waals surface area contributed by atoms with Gasteiger partial charge in [0.1, 0.15) is 11.5 Å². The third-order valence-corrected chi connectivity index (χ3v) is 2.40. The van der Waals surface area contributed by atoms with Crippen LogP contribution in [0.4, 0.5) is 0 Å². The van der Waals surface area contributed by atoms with Crippen molar-refractivity contribution in [2.24, 2.45) is 0 Å². The molecule has 0 aliphatic carbocycles. The number of hydrogen-bond donors (Lipinski definition) is 1. The molecule has 1 N–H and O–H groups in total. The maximum absolute atomic E-state index is 9.00. The SMILES string of the molecule is CC(=O)O.c1ccc2c(c1)Cc1ncccc1O2. The van der Waals surface area contributed by atoms with Crippen LogP contribution in [0.5, 0.6) is 11.5 Å². The van der Waals surface area contributed by atoms with Crippen LogP contribution < -0.4 is 4.74 Å². The van der Waals surface area contributed by atoms with Crippen LogP contribution in [-0.2, 0) is 11.2 Å². The van der Waals surface area contributed by atoms with Crippen molar-refractivity contribution in [2.45, 2.75) is 13.3 Å². The molecule has 2 aromatic rings. The van der Waals surface area contributed by atoms with Crippen LogP contribution in [0.3, 0.4) is 0 Å². The summed E-state index contributed by atoms with van der Waals surface area (Å²) in [5.74, 6) is 0.999. The van der Waals surface area contributed by atoms with E-state index in [1.54, 1.807) is 6.20 Å². The monoisotopic (exact) mass is 243 g/mol. The largest absolute Gasteiger partial charge is 0.481 e. The summed E-state index contributed by atoms with van der Waals surface area (Å²) in [5, 5.41) is 7.42. The summed E-state index contributed by atoms with van der Waals surface area (Å²) in [4.78, 5) is 13.3. The number of ether oxygens (including phenoxy) is 1. The summed E-state index contributed by atoms with van der Waals surface area (Å²) in [7, 11) is 0. The molecule has 4 heteroatoms. The first-order valence-corrected chi connectivity index (χ1v) is 5.56. The summed E-state index contributed by atoms with van der Waals surface area (Å²) in [5.41, 5.74) is 2.23. The molecule has 0 bridgehead atoms. The number of pyridine rings is 1. The second-order valence-electron chi connectivity index (χ2n) is 3.85. The number of nitrogens with zero attached hydrogens (tertiary/aromatic N) is 1. The van der Waals surface area contributed by atoms with Crippen molar-refractivity contribution < 1.29 is 14.6 Å². The Kier molecular flexibility index (Phi) is 3.57. The van der Waals surface area contributed by atoms with Gasteiger partial charge in [0.15, 0.2) is 0 Å². The first-order chi connectivity index (χ1) is 8.66. The van der Waals surface area contributed by atoms with Crippen molar-refractivity contribution in [3.8, 4) is 11.5 Å². The zero-order valence-corrected chi connectivity index (χ0v) is 9.96. The van der Waals surface area contributed by atoms with Gasteiger partial charge in [-0.2, -0.15) is 0 Å². The van der Waals surface area contributed by atoms with Crippen LogP contribution in [0.2, 0.25) is 0 Å². The van der Waals surface area contributed by atoms with Crippen molar-refractivity contribution in [3.63, 3.8) is 0 Å². The van der Waals surface area contributed by atoms with Crippen molar-refractivity contribution in [2.75, 3.05) is 0 Å². The zero-order chi connectivity index (χ0) is 13.0. The van der Waals surface area contributed by atoms with E-state index >= 15 is 0 Å². The van der Waals surface area contributed by atoms with Crippen molar-refractivity contribution >= 4 is 5.97 Å². The lowest BCUT2D eigenvalue weighted by atomic mass is 10.1. The van der Waals surface area contributed by atoms with E-state index in [1.165, 1.54) is 5.56 Å². The molecule has 1 aromatic carbocycles. The van der Waals surface area contributed by atoms with E-state index in [0.29, 0.717) is 0 Å². The zero-order valence-electron chi connectivity index (χ0n) is 9.96. The van der Waals surface area contributed by atoms with Gasteiger partial charge in [0.05, 0.1) is 5.69 Å². The molecule has 0 fully saturated rings. The Morgan fingerprint density at radius 1 is 1.22 bits per heavy atom. The average molecular weight is 243 g/mol. The lowest BCUT2D eigenvalue weighted by molar-refractivity contribution is -0.134. The van der Waals surface area contributed by atoms with E-state index in [0.717, 1.165) is 30.5 Å². The van der Waals surface area contributed by atoms with Gasteiger partial charge in [-0.1, -0.05) is 18.2 Å². The normalized spacial score (nSPS) is 11.2. The number of carboxylic acid groups (broad SMARTS) is 1. The van der Waals surface area contributed by atoms with Gasteiger partial charge in [0.2, 0.25) is 0 Å². The second kappa shape index (κ2) is 5.31. The van der Waals surface area contributed by atoms with Gasteiger partial charge in [0.25, 0.3) is 5.97 Å². The van der Waals surface area contributed by atoms with Crippen LogP contribution in [0.15, 0.2) is 42.6 Å². The molecule has 0 radical (unpaired) electrons. The van der Waals surface area contributed by atoms with Gasteiger partial charge < -0.3 is 9.84 Å². The molecule has 18 heavy (non-hydrogen) atoms. The third kappa shape index (κ3) is 2.85. The molecule has 92 valence electrons. The summed E-state index contributed by atoms with van der Waals surface area (Å²) < 4.78 is 5.71. The molecular weight excluding hydrogens is 230 g/mol. The van der Waals surface area contributed by atoms with Crippen LogP contribution in [0.25, 0.3) is 0 Å². The maximum atomic E-state index is 9.00. The van der Waals surface area contributed by atoms with Crippen molar-refractivity contribution in [1.29, 1.82) is 0 Å². The van der Waals surface area contributed by atoms with E-state index in [9.17, 15) is 0 Å². The highest BCUT2D eigenvalue weighted by Gasteiger charge is 2.16. The number of rotatable bonds is 0. The minimum Gasteiger partial charge on any atom is -0.481 e. The van der Waals surface area contributed by atoms with E-state index in [2.05, 4.69) is 11.1 Å². The maximum Gasteiger partial charge on any atom is 0.300 e. The molecule has 0 amide bonds. The molecule has 4 nitrogen and oxygen atoms in total. The van der Waals surface area contributed by atoms with Crippen LogP contribution >= 0.6 is 0 Å². The smallest absolute Gasteiger partial charge is 0.300 e. The Morgan fingerprint density at radius 2 is 1.89 bits per heavy atom. The number of hydrogen-bond acceptors (Lipinski definition) is 3. The first-order valence-electron chi connectivity index (χ1n) is 5.56. The van der Waals surface area contributed by atoms with E-state index in [-0.39, 0.29) is 0 Å². The van der Waals surface area contributed by atoms with Crippen LogP contribution in [0, 0.1) is 0 Å². The lowest BCUT2D eigenvalue weighted by Crippen LogP contribution is -2.04. The Bertz CT molecular complexity index is 475. The lowest BCUT2D eigenvalue weighted by Gasteiger charge is -2.18. The summed E-state index contributed by atoms with van der Waals surface area (Å²) in [6.07, 6.45) is 2.67. The van der Waals surface area contributed by atoms with E-state index < -0.39 is 5.97 Å². The topological polar surface area (TPSA) is 59.4 Å². The standard InChI is InChI=1S/C12H9NO.C2H4O2/c1-2-5-11-9(4-1)8-10-12(14-11)6-3-7-13-10;1-2(3)4/h1-7H,8H2;1H3,(H,3,4). The first kappa shape index (κ1) is 12.1. The molecule has 1 aliphatic heterocycles. The number of para-hydroxylation sites is 1. The van der Waals surface area contributed by atoms with Crippen molar-refractivity contribution in [3.05, 3.63) is 53.9 Å².